The fourth-order valence-corrected chi connectivity index (χ4v) is 4.62. The SMILES string of the molecule is CCCCc1cc2cc(C(N)=O)ccn2c1C(=O)c1ccc(OCCCN(CCCC)CCCC)cc1. The Morgan fingerprint density at radius 2 is 1.49 bits per heavy atom. The van der Waals surface area contributed by atoms with Gasteiger partial charge in [0, 0.05) is 29.4 Å². The van der Waals surface area contributed by atoms with Gasteiger partial charge in [-0.1, -0.05) is 40.0 Å². The van der Waals surface area contributed by atoms with Crippen molar-refractivity contribution in [2.24, 2.45) is 5.73 Å². The van der Waals surface area contributed by atoms with E-state index in [9.17, 15) is 9.59 Å². The predicted molar refractivity (Wildman–Crippen MR) is 151 cm³/mol. The van der Waals surface area contributed by atoms with Crippen LogP contribution in [0.4, 0.5) is 0 Å². The molecule has 0 aliphatic heterocycles. The average molecular weight is 506 g/mol. The number of ketones is 1. The molecule has 0 bridgehead atoms. The number of aryl methyl sites for hydroxylation is 1. The number of aromatic nitrogens is 1. The number of unbranched alkanes of at least 4 members (excludes halogenated alkanes) is 3. The number of fused-ring (bicyclic) bond motifs is 1. The largest absolute Gasteiger partial charge is 0.494 e. The molecule has 1 amide bonds. The summed E-state index contributed by atoms with van der Waals surface area (Å²) >= 11 is 0. The number of hydrogen-bond donors (Lipinski definition) is 1. The standard InChI is InChI=1S/C31H43N3O3/c1-4-7-11-25-22-27-23-26(31(32)36)16-20-34(27)29(25)30(35)24-12-14-28(15-13-24)37-21-10-19-33(17-8-5-2)18-9-6-3/h12-16,20,22-23H,4-11,17-19,21H2,1-3H3,(H2,32,36). The third-order valence-corrected chi connectivity index (χ3v) is 6.81. The van der Waals surface area contributed by atoms with E-state index in [-0.39, 0.29) is 5.78 Å². The number of primary amides is 1. The molecular formula is C31H43N3O3. The van der Waals surface area contributed by atoms with Crippen LogP contribution in [0.25, 0.3) is 5.52 Å². The Morgan fingerprint density at radius 1 is 0.838 bits per heavy atom. The van der Waals surface area contributed by atoms with Gasteiger partial charge in [-0.3, -0.25) is 9.59 Å². The highest BCUT2D eigenvalue weighted by Gasteiger charge is 2.20. The van der Waals surface area contributed by atoms with Gasteiger partial charge >= 0.3 is 0 Å². The maximum absolute atomic E-state index is 13.6. The Hall–Kier alpha value is -3.12. The van der Waals surface area contributed by atoms with Gasteiger partial charge in [-0.15, -0.1) is 0 Å². The monoisotopic (exact) mass is 505 g/mol. The molecule has 1 aromatic carbocycles. The minimum atomic E-state index is -0.475. The van der Waals surface area contributed by atoms with Crippen LogP contribution in [0.1, 0.15) is 97.7 Å². The van der Waals surface area contributed by atoms with Crippen molar-refractivity contribution >= 4 is 17.2 Å². The van der Waals surface area contributed by atoms with Gasteiger partial charge in [-0.25, -0.2) is 0 Å². The smallest absolute Gasteiger partial charge is 0.248 e. The van der Waals surface area contributed by atoms with E-state index in [0.29, 0.717) is 23.4 Å². The lowest BCUT2D eigenvalue weighted by Crippen LogP contribution is -2.28. The minimum absolute atomic E-state index is 0.0352. The lowest BCUT2D eigenvalue weighted by atomic mass is 10.0. The van der Waals surface area contributed by atoms with E-state index in [1.54, 1.807) is 18.3 Å². The number of carbonyl (C=O) groups excluding carboxylic acids is 2. The van der Waals surface area contributed by atoms with Crippen LogP contribution >= 0.6 is 0 Å². The van der Waals surface area contributed by atoms with Gasteiger partial charge in [0.25, 0.3) is 0 Å². The normalized spacial score (nSPS) is 11.4. The highest BCUT2D eigenvalue weighted by atomic mass is 16.5. The molecule has 0 aliphatic rings. The predicted octanol–water partition coefficient (Wildman–Crippen LogP) is 6.28. The van der Waals surface area contributed by atoms with Crippen molar-refractivity contribution in [1.82, 2.24) is 9.30 Å². The number of nitrogens with zero attached hydrogens (tertiary/aromatic N) is 2. The quantitative estimate of drug-likeness (QED) is 0.173. The highest BCUT2D eigenvalue weighted by molar-refractivity contribution is 6.10. The summed E-state index contributed by atoms with van der Waals surface area (Å²) in [6.07, 6.45) is 10.5. The molecule has 6 nitrogen and oxygen atoms in total. The molecule has 0 spiro atoms. The van der Waals surface area contributed by atoms with Crippen molar-refractivity contribution in [2.75, 3.05) is 26.2 Å². The molecule has 6 heteroatoms. The molecule has 2 aromatic heterocycles. The Morgan fingerprint density at radius 3 is 2.11 bits per heavy atom. The van der Waals surface area contributed by atoms with E-state index < -0.39 is 5.91 Å². The third-order valence-electron chi connectivity index (χ3n) is 6.81. The van der Waals surface area contributed by atoms with Crippen molar-refractivity contribution < 1.29 is 14.3 Å². The van der Waals surface area contributed by atoms with Crippen molar-refractivity contribution in [2.45, 2.75) is 72.1 Å². The maximum atomic E-state index is 13.6. The summed E-state index contributed by atoms with van der Waals surface area (Å²) in [7, 11) is 0. The van der Waals surface area contributed by atoms with E-state index in [1.807, 2.05) is 34.7 Å². The van der Waals surface area contributed by atoms with Gasteiger partial charge in [0.2, 0.25) is 11.7 Å². The van der Waals surface area contributed by atoms with Gasteiger partial charge < -0.3 is 19.8 Å². The first-order chi connectivity index (χ1) is 18.0. The van der Waals surface area contributed by atoms with Crippen LogP contribution in [-0.2, 0) is 6.42 Å². The van der Waals surface area contributed by atoms with E-state index in [1.165, 1.54) is 25.7 Å². The number of rotatable bonds is 17. The van der Waals surface area contributed by atoms with Gasteiger partial charge in [0.05, 0.1) is 12.3 Å². The van der Waals surface area contributed by atoms with Crippen molar-refractivity contribution in [3.05, 3.63) is 71.0 Å². The van der Waals surface area contributed by atoms with Crippen LogP contribution in [0, 0.1) is 0 Å². The van der Waals surface area contributed by atoms with Crippen LogP contribution < -0.4 is 10.5 Å². The number of amides is 1. The molecule has 3 rings (SSSR count). The topological polar surface area (TPSA) is 77.0 Å². The molecule has 0 radical (unpaired) electrons. The molecular weight excluding hydrogens is 462 g/mol. The number of hydrogen-bond acceptors (Lipinski definition) is 4. The summed E-state index contributed by atoms with van der Waals surface area (Å²) in [6, 6.07) is 12.9. The molecule has 2 N–H and O–H groups in total. The Labute approximate surface area is 221 Å². The fourth-order valence-electron chi connectivity index (χ4n) is 4.62. The van der Waals surface area contributed by atoms with E-state index in [2.05, 4.69) is 25.7 Å². The molecule has 37 heavy (non-hydrogen) atoms. The van der Waals surface area contributed by atoms with E-state index >= 15 is 0 Å². The zero-order chi connectivity index (χ0) is 26.6. The Kier molecular flexibility index (Phi) is 11.2. The number of nitrogens with two attached hydrogens (primary N) is 1. The molecule has 200 valence electrons. The summed E-state index contributed by atoms with van der Waals surface area (Å²) in [5.74, 6) is 0.270. The lowest BCUT2D eigenvalue weighted by Gasteiger charge is -2.21. The van der Waals surface area contributed by atoms with E-state index in [0.717, 1.165) is 62.1 Å². The van der Waals surface area contributed by atoms with Crippen LogP contribution in [-0.4, -0.2) is 47.2 Å². The first-order valence-electron chi connectivity index (χ1n) is 13.9. The average Bonchev–Trinajstić information content (AvgIpc) is 3.28. The zero-order valence-electron chi connectivity index (χ0n) is 22.8. The number of carbonyl (C=O) groups is 2. The molecule has 0 saturated carbocycles. The summed E-state index contributed by atoms with van der Waals surface area (Å²) in [5.41, 5.74) is 8.96. The molecule has 3 aromatic rings. The summed E-state index contributed by atoms with van der Waals surface area (Å²) in [4.78, 5) is 27.8. The number of benzene rings is 1. The molecule has 0 unspecified atom stereocenters. The second-order valence-corrected chi connectivity index (χ2v) is 9.80. The van der Waals surface area contributed by atoms with Crippen molar-refractivity contribution in [3.8, 4) is 5.75 Å². The Balaban J connectivity index is 1.67. The summed E-state index contributed by atoms with van der Waals surface area (Å²) in [5, 5.41) is 0. The van der Waals surface area contributed by atoms with Crippen molar-refractivity contribution in [3.63, 3.8) is 0 Å². The summed E-state index contributed by atoms with van der Waals surface area (Å²) in [6.45, 7) is 10.6. The number of ether oxygens (including phenoxy) is 1. The molecule has 0 atom stereocenters. The first kappa shape index (κ1) is 28.5. The first-order valence-corrected chi connectivity index (χ1v) is 13.9. The van der Waals surface area contributed by atoms with Gasteiger partial charge in [0.1, 0.15) is 5.75 Å². The minimum Gasteiger partial charge on any atom is -0.494 e. The highest BCUT2D eigenvalue weighted by Crippen LogP contribution is 2.24. The molecule has 2 heterocycles. The third kappa shape index (κ3) is 7.93. The molecule has 0 aliphatic carbocycles. The van der Waals surface area contributed by atoms with E-state index in [4.69, 9.17) is 10.5 Å². The van der Waals surface area contributed by atoms with Crippen LogP contribution in [0.5, 0.6) is 5.75 Å². The van der Waals surface area contributed by atoms with Gasteiger partial charge in [-0.05, 0) is 93.2 Å². The molecule has 0 saturated heterocycles. The lowest BCUT2D eigenvalue weighted by molar-refractivity contribution is 0.0999. The van der Waals surface area contributed by atoms with Crippen LogP contribution in [0.2, 0.25) is 0 Å². The Bertz CT molecular complexity index is 1140. The molecule has 0 fully saturated rings. The summed E-state index contributed by atoms with van der Waals surface area (Å²) < 4.78 is 7.85. The van der Waals surface area contributed by atoms with Crippen LogP contribution in [0.3, 0.4) is 0 Å². The second kappa shape index (κ2) is 14.6. The second-order valence-electron chi connectivity index (χ2n) is 9.80. The fraction of sp³-hybridized carbons (Fsp3) is 0.484. The van der Waals surface area contributed by atoms with Gasteiger partial charge in [-0.2, -0.15) is 0 Å². The number of pyridine rings is 1. The van der Waals surface area contributed by atoms with Crippen molar-refractivity contribution in [1.29, 1.82) is 0 Å². The van der Waals surface area contributed by atoms with Gasteiger partial charge in [0.15, 0.2) is 0 Å². The van der Waals surface area contributed by atoms with Crippen LogP contribution in [0.15, 0.2) is 48.7 Å². The maximum Gasteiger partial charge on any atom is 0.248 e. The zero-order valence-corrected chi connectivity index (χ0v) is 22.8.